The molecule has 0 aliphatic heterocycles. The Bertz CT molecular complexity index is 756. The van der Waals surface area contributed by atoms with E-state index in [0.29, 0.717) is 22.7 Å². The fourth-order valence-electron chi connectivity index (χ4n) is 2.07. The standard InChI is InChI=1S/C16H17BrFN3O3/c1-9-4-14(23-2)12(18)6-13(9)21-16(22)20-7-10-5-11(17)8-19-15(10)24-3/h4-6,8H,7H2,1-3H3,(H2,20,21,22). The summed E-state index contributed by atoms with van der Waals surface area (Å²) in [7, 11) is 2.89. The summed E-state index contributed by atoms with van der Waals surface area (Å²) in [6.45, 7) is 1.96. The van der Waals surface area contributed by atoms with Gasteiger partial charge in [0.2, 0.25) is 5.88 Å². The van der Waals surface area contributed by atoms with Crippen molar-refractivity contribution in [2.24, 2.45) is 0 Å². The minimum Gasteiger partial charge on any atom is -0.494 e. The quantitative estimate of drug-likeness (QED) is 0.807. The van der Waals surface area contributed by atoms with E-state index in [1.54, 1.807) is 19.2 Å². The van der Waals surface area contributed by atoms with E-state index in [0.717, 1.165) is 4.47 Å². The summed E-state index contributed by atoms with van der Waals surface area (Å²) in [5.74, 6) is 0.00448. The topological polar surface area (TPSA) is 72.5 Å². The highest BCUT2D eigenvalue weighted by Gasteiger charge is 2.11. The molecule has 1 heterocycles. The van der Waals surface area contributed by atoms with Crippen molar-refractivity contribution in [3.8, 4) is 11.6 Å². The molecule has 6 nitrogen and oxygen atoms in total. The number of halogens is 2. The van der Waals surface area contributed by atoms with E-state index < -0.39 is 11.8 Å². The predicted octanol–water partition coefficient (Wildman–Crippen LogP) is 3.63. The van der Waals surface area contributed by atoms with Crippen LogP contribution >= 0.6 is 15.9 Å². The SMILES string of the molecule is COc1cc(C)c(NC(=O)NCc2cc(Br)cnc2OC)cc1F. The van der Waals surface area contributed by atoms with Gasteiger partial charge in [-0.1, -0.05) is 0 Å². The molecule has 1 aromatic heterocycles. The Morgan fingerprint density at radius 3 is 2.71 bits per heavy atom. The Hall–Kier alpha value is -2.35. The van der Waals surface area contributed by atoms with E-state index in [1.807, 2.05) is 0 Å². The Kier molecular flexibility index (Phi) is 5.97. The van der Waals surface area contributed by atoms with Crippen molar-refractivity contribution < 1.29 is 18.7 Å². The van der Waals surface area contributed by atoms with Crippen LogP contribution < -0.4 is 20.1 Å². The summed E-state index contributed by atoms with van der Waals surface area (Å²) in [6, 6.07) is 4.07. The number of pyridine rings is 1. The first-order chi connectivity index (χ1) is 11.4. The van der Waals surface area contributed by atoms with E-state index in [-0.39, 0.29) is 12.3 Å². The largest absolute Gasteiger partial charge is 0.494 e. The number of benzene rings is 1. The van der Waals surface area contributed by atoms with Crippen LogP contribution in [-0.2, 0) is 6.54 Å². The lowest BCUT2D eigenvalue weighted by molar-refractivity contribution is 0.251. The van der Waals surface area contributed by atoms with E-state index in [1.165, 1.54) is 26.4 Å². The average Bonchev–Trinajstić information content (AvgIpc) is 2.56. The molecule has 0 aliphatic carbocycles. The summed E-state index contributed by atoms with van der Waals surface area (Å²) in [6.07, 6.45) is 1.60. The number of ether oxygens (including phenoxy) is 2. The zero-order valence-corrected chi connectivity index (χ0v) is 15.0. The second-order valence-electron chi connectivity index (χ2n) is 4.93. The lowest BCUT2D eigenvalue weighted by Gasteiger charge is -2.13. The summed E-state index contributed by atoms with van der Waals surface area (Å²) in [5, 5.41) is 5.29. The number of rotatable bonds is 5. The van der Waals surface area contributed by atoms with E-state index in [2.05, 4.69) is 31.5 Å². The van der Waals surface area contributed by atoms with Crippen LogP contribution in [0.1, 0.15) is 11.1 Å². The number of nitrogens with zero attached hydrogens (tertiary/aromatic N) is 1. The maximum atomic E-state index is 13.7. The van der Waals surface area contributed by atoms with Crippen LogP contribution in [0.3, 0.4) is 0 Å². The maximum absolute atomic E-state index is 13.7. The number of anilines is 1. The second-order valence-corrected chi connectivity index (χ2v) is 5.85. The number of amides is 2. The van der Waals surface area contributed by atoms with E-state index in [9.17, 15) is 9.18 Å². The molecule has 0 atom stereocenters. The van der Waals surface area contributed by atoms with Gasteiger partial charge in [0.1, 0.15) is 0 Å². The molecule has 128 valence electrons. The van der Waals surface area contributed by atoms with Crippen molar-refractivity contribution in [1.29, 1.82) is 0 Å². The first kappa shape index (κ1) is 18.0. The zero-order chi connectivity index (χ0) is 17.7. The van der Waals surface area contributed by atoms with Gasteiger partial charge < -0.3 is 20.1 Å². The monoisotopic (exact) mass is 397 g/mol. The van der Waals surface area contributed by atoms with Crippen LogP contribution in [0.5, 0.6) is 11.6 Å². The molecule has 0 fully saturated rings. The average molecular weight is 398 g/mol. The molecule has 2 N–H and O–H groups in total. The number of nitrogens with one attached hydrogen (secondary N) is 2. The van der Waals surface area contributed by atoms with Gasteiger partial charge in [-0.15, -0.1) is 0 Å². The molecule has 2 aromatic rings. The summed E-state index contributed by atoms with van der Waals surface area (Å²) < 4.78 is 24.6. The summed E-state index contributed by atoms with van der Waals surface area (Å²) in [4.78, 5) is 16.1. The minimum absolute atomic E-state index is 0.128. The van der Waals surface area contributed by atoms with Gasteiger partial charge in [-0.2, -0.15) is 0 Å². The first-order valence-electron chi connectivity index (χ1n) is 7.02. The molecular formula is C16H17BrFN3O3. The molecule has 0 aliphatic rings. The number of hydrogen-bond acceptors (Lipinski definition) is 4. The lowest BCUT2D eigenvalue weighted by Crippen LogP contribution is -2.28. The number of carbonyl (C=O) groups excluding carboxylic acids is 1. The van der Waals surface area contributed by atoms with Crippen LogP contribution in [0.2, 0.25) is 0 Å². The van der Waals surface area contributed by atoms with Crippen LogP contribution in [0.15, 0.2) is 28.9 Å². The van der Waals surface area contributed by atoms with Gasteiger partial charge in [0.05, 0.1) is 14.2 Å². The van der Waals surface area contributed by atoms with Crippen molar-refractivity contribution in [1.82, 2.24) is 10.3 Å². The van der Waals surface area contributed by atoms with Gasteiger partial charge in [0.25, 0.3) is 0 Å². The van der Waals surface area contributed by atoms with Gasteiger partial charge in [-0.3, -0.25) is 0 Å². The summed E-state index contributed by atoms with van der Waals surface area (Å²) >= 11 is 3.32. The fraction of sp³-hybridized carbons (Fsp3) is 0.250. The highest BCUT2D eigenvalue weighted by molar-refractivity contribution is 9.10. The van der Waals surface area contributed by atoms with Gasteiger partial charge in [0, 0.05) is 34.5 Å². The molecule has 0 saturated heterocycles. The third kappa shape index (κ3) is 4.35. The molecule has 2 amide bonds. The highest BCUT2D eigenvalue weighted by atomic mass is 79.9. The third-order valence-corrected chi connectivity index (χ3v) is 3.71. The fourth-order valence-corrected chi connectivity index (χ4v) is 2.45. The van der Waals surface area contributed by atoms with Crippen molar-refractivity contribution >= 4 is 27.6 Å². The molecule has 2 rings (SSSR count). The Labute approximate surface area is 147 Å². The van der Waals surface area contributed by atoms with Crippen molar-refractivity contribution in [2.45, 2.75) is 13.5 Å². The molecule has 0 spiro atoms. The Morgan fingerprint density at radius 1 is 1.29 bits per heavy atom. The molecule has 1 aromatic carbocycles. The molecule has 0 radical (unpaired) electrons. The molecule has 0 bridgehead atoms. The van der Waals surface area contributed by atoms with Crippen molar-refractivity contribution in [3.63, 3.8) is 0 Å². The van der Waals surface area contributed by atoms with Gasteiger partial charge in [-0.05, 0) is 40.5 Å². The number of urea groups is 1. The van der Waals surface area contributed by atoms with Crippen LogP contribution in [0, 0.1) is 12.7 Å². The van der Waals surface area contributed by atoms with Gasteiger partial charge >= 0.3 is 6.03 Å². The van der Waals surface area contributed by atoms with Crippen LogP contribution in [0.25, 0.3) is 0 Å². The Morgan fingerprint density at radius 2 is 2.04 bits per heavy atom. The Balaban J connectivity index is 2.04. The van der Waals surface area contributed by atoms with E-state index >= 15 is 0 Å². The number of hydrogen-bond donors (Lipinski definition) is 2. The lowest BCUT2D eigenvalue weighted by atomic mass is 10.2. The molecule has 0 unspecified atom stereocenters. The van der Waals surface area contributed by atoms with Crippen LogP contribution in [-0.4, -0.2) is 25.2 Å². The molecule has 0 saturated carbocycles. The molecule has 24 heavy (non-hydrogen) atoms. The molecule has 8 heteroatoms. The highest BCUT2D eigenvalue weighted by Crippen LogP contribution is 2.25. The minimum atomic E-state index is -0.545. The van der Waals surface area contributed by atoms with Crippen molar-refractivity contribution in [3.05, 3.63) is 45.8 Å². The van der Waals surface area contributed by atoms with Crippen LogP contribution in [0.4, 0.5) is 14.9 Å². The first-order valence-corrected chi connectivity index (χ1v) is 7.81. The number of aryl methyl sites for hydroxylation is 1. The number of aromatic nitrogens is 1. The van der Waals surface area contributed by atoms with Gasteiger partial charge in [0.15, 0.2) is 11.6 Å². The number of carbonyl (C=O) groups is 1. The maximum Gasteiger partial charge on any atom is 0.319 e. The molecular weight excluding hydrogens is 381 g/mol. The van der Waals surface area contributed by atoms with Gasteiger partial charge in [-0.25, -0.2) is 14.2 Å². The van der Waals surface area contributed by atoms with E-state index in [4.69, 9.17) is 9.47 Å². The predicted molar refractivity (Wildman–Crippen MR) is 92.0 cm³/mol. The normalized spacial score (nSPS) is 10.2. The summed E-state index contributed by atoms with van der Waals surface area (Å²) in [5.41, 5.74) is 1.76. The smallest absolute Gasteiger partial charge is 0.319 e. The zero-order valence-electron chi connectivity index (χ0n) is 13.4. The third-order valence-electron chi connectivity index (χ3n) is 3.27. The van der Waals surface area contributed by atoms with Crippen molar-refractivity contribution in [2.75, 3.05) is 19.5 Å². The second kappa shape index (κ2) is 7.96. The number of methoxy groups -OCH3 is 2.